The van der Waals surface area contributed by atoms with Gasteiger partial charge in [0.1, 0.15) is 0 Å². The van der Waals surface area contributed by atoms with Gasteiger partial charge in [-0.3, -0.25) is 0 Å². The van der Waals surface area contributed by atoms with E-state index < -0.39 is 0 Å². The highest BCUT2D eigenvalue weighted by molar-refractivity contribution is 4.63. The van der Waals surface area contributed by atoms with Crippen molar-refractivity contribution in [2.24, 2.45) is 0 Å². The number of rotatable bonds is 22. The zero-order valence-electron chi connectivity index (χ0n) is 20.6. The van der Waals surface area contributed by atoms with E-state index in [1.165, 1.54) is 127 Å². The monoisotopic (exact) mass is 398 g/mol. The number of hydrogen-bond acceptors (Lipinski definition) is 1. The van der Waals surface area contributed by atoms with E-state index in [9.17, 15) is 0 Å². The fourth-order valence-corrected chi connectivity index (χ4v) is 4.92. The molecule has 0 fully saturated rings. The first-order valence-corrected chi connectivity index (χ1v) is 13.0. The quantitative estimate of drug-likeness (QED) is 0.132. The molecule has 0 aliphatic heterocycles. The Morgan fingerprint density at radius 3 is 1.39 bits per heavy atom. The molecule has 0 aromatic rings. The van der Waals surface area contributed by atoms with Gasteiger partial charge in [0.15, 0.2) is 0 Å². The number of ether oxygens (including phenoxy) is 1. The molecule has 2 nitrogen and oxygen atoms in total. The maximum absolute atomic E-state index is 5.14. The van der Waals surface area contributed by atoms with E-state index in [2.05, 4.69) is 27.7 Å². The average molecular weight is 399 g/mol. The van der Waals surface area contributed by atoms with Crippen molar-refractivity contribution in [3.63, 3.8) is 0 Å². The lowest BCUT2D eigenvalue weighted by Crippen LogP contribution is -2.57. The van der Waals surface area contributed by atoms with E-state index in [0.717, 1.165) is 12.6 Å². The molecule has 2 heteroatoms. The van der Waals surface area contributed by atoms with Gasteiger partial charge in [-0.05, 0) is 44.9 Å². The van der Waals surface area contributed by atoms with Gasteiger partial charge >= 0.3 is 0 Å². The van der Waals surface area contributed by atoms with Crippen molar-refractivity contribution >= 4 is 0 Å². The number of quaternary nitrogens is 1. The Kier molecular flexibility index (Phi) is 20.1. The van der Waals surface area contributed by atoms with Crippen molar-refractivity contribution in [1.82, 2.24) is 0 Å². The summed E-state index contributed by atoms with van der Waals surface area (Å²) < 4.78 is 6.59. The van der Waals surface area contributed by atoms with Gasteiger partial charge in [0.05, 0.1) is 25.7 Å². The predicted octanol–water partition coefficient (Wildman–Crippen LogP) is 8.14. The topological polar surface area (TPSA) is 9.23 Å². The van der Waals surface area contributed by atoms with Crippen molar-refractivity contribution < 1.29 is 9.22 Å². The molecule has 170 valence electrons. The highest BCUT2D eigenvalue weighted by Gasteiger charge is 2.34. The third-order valence-corrected chi connectivity index (χ3v) is 6.63. The summed E-state index contributed by atoms with van der Waals surface area (Å²) >= 11 is 0. The normalized spacial score (nSPS) is 12.2. The van der Waals surface area contributed by atoms with Crippen molar-refractivity contribution in [2.75, 3.05) is 33.4 Å². The molecule has 0 rings (SSSR count). The van der Waals surface area contributed by atoms with Crippen molar-refractivity contribution in [3.8, 4) is 0 Å². The van der Waals surface area contributed by atoms with Crippen LogP contribution in [0.1, 0.15) is 130 Å². The largest absolute Gasteiger partial charge is 0.385 e. The fraction of sp³-hybridized carbons (Fsp3) is 1.00. The molecule has 0 N–H and O–H groups in total. The van der Waals surface area contributed by atoms with Gasteiger partial charge < -0.3 is 9.22 Å². The number of nitrogens with zero attached hydrogens (tertiary/aromatic N) is 1. The lowest BCUT2D eigenvalue weighted by molar-refractivity contribution is -0.952. The number of methoxy groups -OCH3 is 1. The van der Waals surface area contributed by atoms with Gasteiger partial charge in [0.2, 0.25) is 0 Å². The van der Waals surface area contributed by atoms with Crippen LogP contribution in [-0.2, 0) is 4.74 Å². The molecular weight excluding hydrogens is 342 g/mol. The standard InChI is InChI=1S/C26H56NO/c1-6-10-22-27(23-11-7-2,26(20-8-3)21-9-4)24-18-16-14-12-13-15-17-19-25-28-5/h26H,6-25H2,1-5H3/q+1. The highest BCUT2D eigenvalue weighted by Crippen LogP contribution is 2.26. The Bertz CT molecular complexity index is 291. The zero-order chi connectivity index (χ0) is 20.9. The summed E-state index contributed by atoms with van der Waals surface area (Å²) in [6.45, 7) is 14.8. The lowest BCUT2D eigenvalue weighted by Gasteiger charge is -2.46. The van der Waals surface area contributed by atoms with Crippen LogP contribution in [0.5, 0.6) is 0 Å². The van der Waals surface area contributed by atoms with Crippen LogP contribution >= 0.6 is 0 Å². The number of unbranched alkanes of at least 4 members (excludes halogenated alkanes) is 9. The molecule has 0 atom stereocenters. The van der Waals surface area contributed by atoms with Crippen LogP contribution in [-0.4, -0.2) is 43.9 Å². The molecule has 0 unspecified atom stereocenters. The Morgan fingerprint density at radius 2 is 0.964 bits per heavy atom. The van der Waals surface area contributed by atoms with Crippen LogP contribution in [0.4, 0.5) is 0 Å². The highest BCUT2D eigenvalue weighted by atomic mass is 16.5. The van der Waals surface area contributed by atoms with Crippen LogP contribution in [0.25, 0.3) is 0 Å². The molecule has 28 heavy (non-hydrogen) atoms. The van der Waals surface area contributed by atoms with E-state index in [0.29, 0.717) is 0 Å². The minimum absolute atomic E-state index is 0.911. The van der Waals surface area contributed by atoms with Crippen molar-refractivity contribution in [3.05, 3.63) is 0 Å². The van der Waals surface area contributed by atoms with Crippen LogP contribution in [0, 0.1) is 0 Å². The Labute approximate surface area is 179 Å². The second-order valence-electron chi connectivity index (χ2n) is 9.15. The Balaban J connectivity index is 4.51. The second kappa shape index (κ2) is 20.2. The molecule has 0 saturated heterocycles. The van der Waals surface area contributed by atoms with Gasteiger partial charge in [-0.15, -0.1) is 0 Å². The van der Waals surface area contributed by atoms with E-state index >= 15 is 0 Å². The van der Waals surface area contributed by atoms with Crippen LogP contribution in [0.15, 0.2) is 0 Å². The molecule has 0 spiro atoms. The maximum Gasteiger partial charge on any atom is 0.0890 e. The van der Waals surface area contributed by atoms with E-state index in [-0.39, 0.29) is 0 Å². The first-order valence-electron chi connectivity index (χ1n) is 13.0. The molecule has 0 amide bonds. The van der Waals surface area contributed by atoms with Crippen molar-refractivity contribution in [1.29, 1.82) is 0 Å². The fourth-order valence-electron chi connectivity index (χ4n) is 4.92. The third kappa shape index (κ3) is 13.2. The summed E-state index contributed by atoms with van der Waals surface area (Å²) in [5, 5.41) is 0. The lowest BCUT2D eigenvalue weighted by atomic mass is 9.98. The predicted molar refractivity (Wildman–Crippen MR) is 127 cm³/mol. The van der Waals surface area contributed by atoms with Gasteiger partial charge in [-0.25, -0.2) is 0 Å². The van der Waals surface area contributed by atoms with Crippen LogP contribution in [0.2, 0.25) is 0 Å². The summed E-state index contributed by atoms with van der Waals surface area (Å²) in [5.74, 6) is 0. The molecule has 0 radical (unpaired) electrons. The van der Waals surface area contributed by atoms with Gasteiger partial charge in [-0.1, -0.05) is 85.5 Å². The van der Waals surface area contributed by atoms with Crippen molar-refractivity contribution in [2.45, 2.75) is 136 Å². The second-order valence-corrected chi connectivity index (χ2v) is 9.15. The molecule has 0 bridgehead atoms. The van der Waals surface area contributed by atoms with E-state index in [4.69, 9.17) is 4.74 Å². The Hall–Kier alpha value is -0.0800. The summed E-state index contributed by atoms with van der Waals surface area (Å²) in [7, 11) is 1.81. The minimum atomic E-state index is 0.911. The van der Waals surface area contributed by atoms with E-state index in [1.807, 2.05) is 7.11 Å². The molecule has 0 aromatic carbocycles. The zero-order valence-corrected chi connectivity index (χ0v) is 20.6. The molecular formula is C26H56NO+. The minimum Gasteiger partial charge on any atom is -0.385 e. The molecule has 0 saturated carbocycles. The molecule has 0 heterocycles. The van der Waals surface area contributed by atoms with Crippen LogP contribution in [0.3, 0.4) is 0 Å². The third-order valence-electron chi connectivity index (χ3n) is 6.63. The van der Waals surface area contributed by atoms with E-state index in [1.54, 1.807) is 0 Å². The summed E-state index contributed by atoms with van der Waals surface area (Å²) in [6, 6.07) is 0.911. The number of hydrogen-bond donors (Lipinski definition) is 0. The van der Waals surface area contributed by atoms with Crippen LogP contribution < -0.4 is 0 Å². The van der Waals surface area contributed by atoms with Gasteiger partial charge in [0.25, 0.3) is 0 Å². The molecule has 0 aromatic heterocycles. The first-order chi connectivity index (χ1) is 13.7. The molecule has 0 aliphatic rings. The smallest absolute Gasteiger partial charge is 0.0890 e. The average Bonchev–Trinajstić information content (AvgIpc) is 2.71. The SMILES string of the molecule is CCCC[N+](CCCC)(CCCCCCCCCCOC)C(CCC)CCC. The molecule has 0 aliphatic carbocycles. The summed E-state index contributed by atoms with van der Waals surface area (Å²) in [4.78, 5) is 0. The van der Waals surface area contributed by atoms with Gasteiger partial charge in [-0.2, -0.15) is 0 Å². The maximum atomic E-state index is 5.14. The Morgan fingerprint density at radius 1 is 0.536 bits per heavy atom. The summed E-state index contributed by atoms with van der Waals surface area (Å²) in [5.41, 5.74) is 0. The van der Waals surface area contributed by atoms with Gasteiger partial charge in [0, 0.05) is 13.7 Å². The first kappa shape index (κ1) is 27.9. The summed E-state index contributed by atoms with van der Waals surface area (Å²) in [6.07, 6.45) is 22.3.